The van der Waals surface area contributed by atoms with Gasteiger partial charge in [0.05, 0.1) is 24.6 Å². The molecule has 0 saturated carbocycles. The van der Waals surface area contributed by atoms with Crippen molar-refractivity contribution in [2.45, 2.75) is 6.42 Å². The fourth-order valence-corrected chi connectivity index (χ4v) is 2.70. The third-order valence-corrected chi connectivity index (χ3v) is 4.19. The lowest BCUT2D eigenvalue weighted by Crippen LogP contribution is -2.07. The van der Waals surface area contributed by atoms with Crippen molar-refractivity contribution < 1.29 is 29.3 Å². The van der Waals surface area contributed by atoms with Crippen molar-refractivity contribution in [2.75, 3.05) is 37.9 Å². The molecule has 0 aromatic heterocycles. The predicted octanol–water partition coefficient (Wildman–Crippen LogP) is 3.81. The molecule has 0 aliphatic carbocycles. The van der Waals surface area contributed by atoms with Crippen molar-refractivity contribution in [1.29, 1.82) is 0 Å². The number of nitrogens with one attached hydrogen (secondary N) is 2. The molecule has 0 spiro atoms. The summed E-state index contributed by atoms with van der Waals surface area (Å²) in [5.41, 5.74) is 3.03. The van der Waals surface area contributed by atoms with Crippen LogP contribution in [0.3, 0.4) is 0 Å². The van der Waals surface area contributed by atoms with Crippen molar-refractivity contribution in [3.05, 3.63) is 59.7 Å². The van der Waals surface area contributed by atoms with E-state index in [1.54, 1.807) is 38.4 Å². The Bertz CT molecular complexity index is 891. The molecule has 0 unspecified atom stereocenters. The summed E-state index contributed by atoms with van der Waals surface area (Å²) in [6.45, 7) is 0.876. The van der Waals surface area contributed by atoms with Crippen molar-refractivity contribution in [3.63, 3.8) is 0 Å². The predicted molar refractivity (Wildman–Crippen MR) is 121 cm³/mol. The Hall–Kier alpha value is -3.94. The number of hydrogen-bond donors (Lipinski definition) is 4. The Labute approximate surface area is 180 Å². The number of ether oxygens (including phenoxy) is 2. The first-order chi connectivity index (χ1) is 14.9. The van der Waals surface area contributed by atoms with Crippen LogP contribution in [0.4, 0.5) is 11.4 Å². The van der Waals surface area contributed by atoms with Crippen LogP contribution in [0.15, 0.2) is 48.6 Å². The minimum Gasteiger partial charge on any atom is -0.491 e. The summed E-state index contributed by atoms with van der Waals surface area (Å²) in [7, 11) is 3.54. The third-order valence-electron chi connectivity index (χ3n) is 4.19. The highest BCUT2D eigenvalue weighted by Crippen LogP contribution is 2.27. The van der Waals surface area contributed by atoms with Gasteiger partial charge in [-0.05, 0) is 47.5 Å². The molecule has 0 aliphatic heterocycles. The molecule has 2 rings (SSSR count). The van der Waals surface area contributed by atoms with Crippen LogP contribution in [0, 0.1) is 0 Å². The summed E-state index contributed by atoms with van der Waals surface area (Å²) in [4.78, 5) is 21.3. The summed E-state index contributed by atoms with van der Waals surface area (Å²) in [5.74, 6) is -0.667. The zero-order valence-electron chi connectivity index (χ0n) is 17.4. The van der Waals surface area contributed by atoms with E-state index in [0.717, 1.165) is 34.7 Å². The first kappa shape index (κ1) is 23.3. The SMILES string of the molecule is CNc1cc(/C=C/C(=O)O)ccc1OCCCOc1ccc(/C=C/C(=O)O)cc1NC. The second kappa shape index (κ2) is 11.9. The third kappa shape index (κ3) is 7.77. The number of carbonyl (C=O) groups is 2. The summed E-state index contributed by atoms with van der Waals surface area (Å²) >= 11 is 0. The van der Waals surface area contributed by atoms with Gasteiger partial charge in [-0.25, -0.2) is 9.59 Å². The van der Waals surface area contributed by atoms with E-state index in [4.69, 9.17) is 19.7 Å². The molecular formula is C23H26N2O6. The monoisotopic (exact) mass is 426 g/mol. The van der Waals surface area contributed by atoms with E-state index in [1.807, 2.05) is 12.1 Å². The molecule has 0 heterocycles. The molecule has 4 N–H and O–H groups in total. The molecule has 2 aromatic carbocycles. The maximum Gasteiger partial charge on any atom is 0.328 e. The normalized spacial score (nSPS) is 10.9. The van der Waals surface area contributed by atoms with E-state index >= 15 is 0 Å². The van der Waals surface area contributed by atoms with Crippen LogP contribution in [0.2, 0.25) is 0 Å². The Balaban J connectivity index is 1.88. The zero-order valence-corrected chi connectivity index (χ0v) is 17.4. The highest BCUT2D eigenvalue weighted by Gasteiger charge is 2.06. The Morgan fingerprint density at radius 2 is 1.23 bits per heavy atom. The zero-order chi connectivity index (χ0) is 22.6. The average molecular weight is 426 g/mol. The quantitative estimate of drug-likeness (QED) is 0.299. The van der Waals surface area contributed by atoms with Crippen molar-refractivity contribution in [1.82, 2.24) is 0 Å². The lowest BCUT2D eigenvalue weighted by atomic mass is 10.1. The molecule has 8 heteroatoms. The van der Waals surface area contributed by atoms with Gasteiger partial charge in [-0.1, -0.05) is 12.1 Å². The lowest BCUT2D eigenvalue weighted by Gasteiger charge is -2.14. The number of benzene rings is 2. The van der Waals surface area contributed by atoms with Crippen LogP contribution in [0.25, 0.3) is 12.2 Å². The van der Waals surface area contributed by atoms with Crippen LogP contribution in [0.1, 0.15) is 17.5 Å². The van der Waals surface area contributed by atoms with E-state index in [2.05, 4.69) is 10.6 Å². The van der Waals surface area contributed by atoms with Crippen LogP contribution in [-0.2, 0) is 9.59 Å². The van der Waals surface area contributed by atoms with Crippen molar-refractivity contribution in [2.24, 2.45) is 0 Å². The van der Waals surface area contributed by atoms with Gasteiger partial charge in [0, 0.05) is 32.7 Å². The molecule has 8 nitrogen and oxygen atoms in total. The van der Waals surface area contributed by atoms with Gasteiger partial charge in [0.25, 0.3) is 0 Å². The van der Waals surface area contributed by atoms with Gasteiger partial charge in [-0.3, -0.25) is 0 Å². The number of hydrogen-bond acceptors (Lipinski definition) is 6. The van der Waals surface area contributed by atoms with Crippen LogP contribution >= 0.6 is 0 Å². The summed E-state index contributed by atoms with van der Waals surface area (Å²) in [5, 5.41) is 23.5. The van der Waals surface area contributed by atoms with Crippen LogP contribution < -0.4 is 20.1 Å². The number of rotatable bonds is 12. The minimum absolute atomic E-state index is 0.438. The largest absolute Gasteiger partial charge is 0.491 e. The number of carboxylic acids is 2. The van der Waals surface area contributed by atoms with Crippen molar-refractivity contribution >= 4 is 35.5 Å². The van der Waals surface area contributed by atoms with Gasteiger partial charge in [-0.15, -0.1) is 0 Å². The van der Waals surface area contributed by atoms with E-state index in [0.29, 0.717) is 31.1 Å². The smallest absolute Gasteiger partial charge is 0.328 e. The van der Waals surface area contributed by atoms with Gasteiger partial charge in [0.1, 0.15) is 11.5 Å². The van der Waals surface area contributed by atoms with E-state index in [9.17, 15) is 9.59 Å². The van der Waals surface area contributed by atoms with Crippen LogP contribution in [-0.4, -0.2) is 49.5 Å². The average Bonchev–Trinajstić information content (AvgIpc) is 2.76. The Morgan fingerprint density at radius 1 is 0.806 bits per heavy atom. The topological polar surface area (TPSA) is 117 Å². The van der Waals surface area contributed by atoms with Gasteiger partial charge < -0.3 is 30.3 Å². The summed E-state index contributed by atoms with van der Waals surface area (Å²) in [6.07, 6.45) is 5.85. The molecular weight excluding hydrogens is 400 g/mol. The lowest BCUT2D eigenvalue weighted by molar-refractivity contribution is -0.132. The first-order valence-electron chi connectivity index (χ1n) is 9.64. The molecule has 2 aromatic rings. The van der Waals surface area contributed by atoms with E-state index in [1.165, 1.54) is 12.2 Å². The fourth-order valence-electron chi connectivity index (χ4n) is 2.70. The van der Waals surface area contributed by atoms with Gasteiger partial charge >= 0.3 is 11.9 Å². The highest BCUT2D eigenvalue weighted by molar-refractivity contribution is 5.86. The van der Waals surface area contributed by atoms with Crippen molar-refractivity contribution in [3.8, 4) is 11.5 Å². The molecule has 31 heavy (non-hydrogen) atoms. The Kier molecular flexibility index (Phi) is 8.97. The Morgan fingerprint density at radius 3 is 1.58 bits per heavy atom. The molecule has 0 amide bonds. The van der Waals surface area contributed by atoms with E-state index in [-0.39, 0.29) is 0 Å². The molecule has 0 saturated heterocycles. The number of anilines is 2. The fraction of sp³-hybridized carbons (Fsp3) is 0.217. The minimum atomic E-state index is -1.00. The molecule has 0 bridgehead atoms. The van der Waals surface area contributed by atoms with E-state index < -0.39 is 11.9 Å². The summed E-state index contributed by atoms with van der Waals surface area (Å²) in [6, 6.07) is 10.8. The summed E-state index contributed by atoms with van der Waals surface area (Å²) < 4.78 is 11.6. The van der Waals surface area contributed by atoms with Gasteiger partial charge in [0.15, 0.2) is 0 Å². The second-order valence-electron chi connectivity index (χ2n) is 6.40. The molecule has 0 aliphatic rings. The maximum absolute atomic E-state index is 10.6. The van der Waals surface area contributed by atoms with Gasteiger partial charge in [-0.2, -0.15) is 0 Å². The van der Waals surface area contributed by atoms with Crippen LogP contribution in [0.5, 0.6) is 11.5 Å². The molecule has 164 valence electrons. The molecule has 0 atom stereocenters. The number of aliphatic carboxylic acids is 2. The molecule has 0 radical (unpaired) electrons. The van der Waals surface area contributed by atoms with Gasteiger partial charge in [0.2, 0.25) is 0 Å². The number of carboxylic acid groups (broad SMARTS) is 2. The highest BCUT2D eigenvalue weighted by atomic mass is 16.5. The second-order valence-corrected chi connectivity index (χ2v) is 6.40. The first-order valence-corrected chi connectivity index (χ1v) is 9.64. The standard InChI is InChI=1S/C23H26N2O6/c1-24-18-14-16(6-10-22(26)27)4-8-20(18)30-12-3-13-31-21-9-5-17(7-11-23(28)29)15-19(21)25-2/h4-11,14-15,24-25H,3,12-13H2,1-2H3,(H,26,27)(H,28,29)/b10-6+,11-7+. The molecule has 0 fully saturated rings. The maximum atomic E-state index is 10.6.